The van der Waals surface area contributed by atoms with Crippen LogP contribution in [0.3, 0.4) is 0 Å². The van der Waals surface area contributed by atoms with Crippen LogP contribution >= 0.6 is 0 Å². The van der Waals surface area contributed by atoms with Crippen molar-refractivity contribution in [3.05, 3.63) is 94.1 Å². The summed E-state index contributed by atoms with van der Waals surface area (Å²) in [5, 5.41) is 11.3. The molecule has 0 saturated heterocycles. The van der Waals surface area contributed by atoms with E-state index in [1.165, 1.54) is 6.07 Å². The Morgan fingerprint density at radius 3 is 2.58 bits per heavy atom. The van der Waals surface area contributed by atoms with Crippen LogP contribution < -0.4 is 10.1 Å². The highest BCUT2D eigenvalue weighted by molar-refractivity contribution is 5.93. The van der Waals surface area contributed by atoms with Gasteiger partial charge >= 0.3 is 0 Å². The van der Waals surface area contributed by atoms with E-state index in [2.05, 4.69) is 15.6 Å². The summed E-state index contributed by atoms with van der Waals surface area (Å²) in [7, 11) is 0. The number of nitrogens with one attached hydrogen (secondary N) is 1. The summed E-state index contributed by atoms with van der Waals surface area (Å²) >= 11 is 0. The number of hydrogen-bond acceptors (Lipinski definition) is 5. The number of rotatable bonds is 7. The second kappa shape index (κ2) is 9.23. The maximum atomic E-state index is 13.9. The minimum Gasteiger partial charge on any atom is -0.486 e. The predicted molar refractivity (Wildman–Crippen MR) is 116 cm³/mol. The summed E-state index contributed by atoms with van der Waals surface area (Å²) in [6, 6.07) is 12.7. The van der Waals surface area contributed by atoms with Gasteiger partial charge in [0.25, 0.3) is 5.91 Å². The smallest absolute Gasteiger partial charge is 0.274 e. The Kier molecular flexibility index (Phi) is 6.21. The number of ether oxygens (including phenoxy) is 1. The van der Waals surface area contributed by atoms with Crippen LogP contribution in [-0.4, -0.2) is 20.8 Å². The number of para-hydroxylation sites is 1. The van der Waals surface area contributed by atoms with Crippen LogP contribution in [-0.2, 0) is 13.2 Å². The average Bonchev–Trinajstić information content (AvgIpc) is 3.31. The standard InChI is InChI=1S/C24H22F2N4O3/c1-14-19(15(2)30(28-14)18-7-5-4-6-8-18)12-27-24(31)23-20(16(3)33-29-23)13-32-22-10-9-17(25)11-21(22)26/h4-11H,12-13H2,1-3H3,(H,27,31). The zero-order valence-electron chi connectivity index (χ0n) is 18.4. The minimum atomic E-state index is -0.837. The molecule has 7 nitrogen and oxygen atoms in total. The topological polar surface area (TPSA) is 82.2 Å². The lowest BCUT2D eigenvalue weighted by Gasteiger charge is -2.09. The number of benzene rings is 2. The van der Waals surface area contributed by atoms with Gasteiger partial charge in [-0.15, -0.1) is 0 Å². The zero-order chi connectivity index (χ0) is 23.5. The van der Waals surface area contributed by atoms with Crippen LogP contribution in [0.4, 0.5) is 8.78 Å². The van der Waals surface area contributed by atoms with E-state index in [1.807, 2.05) is 48.9 Å². The Morgan fingerprint density at radius 2 is 1.85 bits per heavy atom. The van der Waals surface area contributed by atoms with E-state index in [4.69, 9.17) is 9.26 Å². The number of halogens is 2. The molecule has 0 bridgehead atoms. The van der Waals surface area contributed by atoms with Crippen molar-refractivity contribution in [2.24, 2.45) is 0 Å². The maximum absolute atomic E-state index is 13.9. The molecule has 2 aromatic heterocycles. The van der Waals surface area contributed by atoms with Gasteiger partial charge in [-0.1, -0.05) is 23.4 Å². The van der Waals surface area contributed by atoms with Crippen molar-refractivity contribution in [1.29, 1.82) is 0 Å². The maximum Gasteiger partial charge on any atom is 0.274 e. The first-order chi connectivity index (χ1) is 15.8. The summed E-state index contributed by atoms with van der Waals surface area (Å²) in [5.41, 5.74) is 3.94. The number of aryl methyl sites for hydroxylation is 2. The highest BCUT2D eigenvalue weighted by atomic mass is 19.1. The normalized spacial score (nSPS) is 10.9. The summed E-state index contributed by atoms with van der Waals surface area (Å²) in [6.07, 6.45) is 0. The number of nitrogens with zero attached hydrogens (tertiary/aromatic N) is 3. The first kappa shape index (κ1) is 22.2. The quantitative estimate of drug-likeness (QED) is 0.444. The molecule has 0 atom stereocenters. The highest BCUT2D eigenvalue weighted by Gasteiger charge is 2.22. The van der Waals surface area contributed by atoms with Gasteiger partial charge in [-0.25, -0.2) is 13.5 Å². The van der Waals surface area contributed by atoms with E-state index in [0.717, 1.165) is 34.8 Å². The fraction of sp³-hybridized carbons (Fsp3) is 0.208. The molecule has 4 aromatic rings. The monoisotopic (exact) mass is 452 g/mol. The second-order valence-electron chi connectivity index (χ2n) is 7.51. The summed E-state index contributed by atoms with van der Waals surface area (Å²) in [6.45, 7) is 5.52. The van der Waals surface area contributed by atoms with Crippen LogP contribution in [0.2, 0.25) is 0 Å². The predicted octanol–water partition coefficient (Wildman–Crippen LogP) is 4.57. The Morgan fingerprint density at radius 1 is 1.09 bits per heavy atom. The van der Waals surface area contributed by atoms with E-state index >= 15 is 0 Å². The minimum absolute atomic E-state index is 0.0424. The van der Waals surface area contributed by atoms with Gasteiger partial charge in [-0.2, -0.15) is 5.10 Å². The van der Waals surface area contributed by atoms with E-state index in [-0.39, 0.29) is 24.6 Å². The fourth-order valence-electron chi connectivity index (χ4n) is 3.49. The van der Waals surface area contributed by atoms with Gasteiger partial charge in [0, 0.05) is 23.9 Å². The first-order valence-corrected chi connectivity index (χ1v) is 10.3. The molecule has 0 spiro atoms. The van der Waals surface area contributed by atoms with Crippen LogP contribution in [0.1, 0.15) is 38.8 Å². The number of carbonyl (C=O) groups is 1. The molecule has 1 N–H and O–H groups in total. The molecular weight excluding hydrogens is 430 g/mol. The second-order valence-corrected chi connectivity index (χ2v) is 7.51. The molecule has 4 rings (SSSR count). The molecule has 9 heteroatoms. The lowest BCUT2D eigenvalue weighted by atomic mass is 10.1. The Hall–Kier alpha value is -4.01. The van der Waals surface area contributed by atoms with E-state index in [0.29, 0.717) is 11.3 Å². The lowest BCUT2D eigenvalue weighted by Crippen LogP contribution is -2.25. The van der Waals surface area contributed by atoms with Crippen LogP contribution in [0.25, 0.3) is 5.69 Å². The van der Waals surface area contributed by atoms with E-state index in [9.17, 15) is 13.6 Å². The Labute approximate surface area is 189 Å². The van der Waals surface area contributed by atoms with Gasteiger partial charge in [0.2, 0.25) is 0 Å². The number of amides is 1. The van der Waals surface area contributed by atoms with Gasteiger partial charge < -0.3 is 14.6 Å². The van der Waals surface area contributed by atoms with E-state index in [1.54, 1.807) is 6.92 Å². The first-order valence-electron chi connectivity index (χ1n) is 10.3. The summed E-state index contributed by atoms with van der Waals surface area (Å²) < 4.78 is 39.4. The highest BCUT2D eigenvalue weighted by Crippen LogP contribution is 2.22. The van der Waals surface area contributed by atoms with Gasteiger partial charge in [0.05, 0.1) is 16.9 Å². The molecule has 170 valence electrons. The van der Waals surface area contributed by atoms with Crippen molar-refractivity contribution in [2.45, 2.75) is 33.9 Å². The van der Waals surface area contributed by atoms with Crippen LogP contribution in [0.15, 0.2) is 53.1 Å². The van der Waals surface area contributed by atoms with Gasteiger partial charge in [0.1, 0.15) is 18.2 Å². The van der Waals surface area contributed by atoms with Gasteiger partial charge in [-0.05, 0) is 45.0 Å². The molecule has 0 aliphatic carbocycles. The van der Waals surface area contributed by atoms with Crippen molar-refractivity contribution < 1.29 is 22.8 Å². The SMILES string of the molecule is Cc1nn(-c2ccccc2)c(C)c1CNC(=O)c1noc(C)c1COc1ccc(F)cc1F. The third-order valence-corrected chi connectivity index (χ3v) is 5.33. The third-order valence-electron chi connectivity index (χ3n) is 5.33. The average molecular weight is 452 g/mol. The summed E-state index contributed by atoms with van der Waals surface area (Å²) in [4.78, 5) is 12.8. The van der Waals surface area contributed by atoms with Crippen molar-refractivity contribution in [3.63, 3.8) is 0 Å². The molecule has 2 heterocycles. The van der Waals surface area contributed by atoms with Gasteiger partial charge in [0.15, 0.2) is 17.3 Å². The Bertz CT molecular complexity index is 1300. The van der Waals surface area contributed by atoms with Gasteiger partial charge in [-0.3, -0.25) is 4.79 Å². The van der Waals surface area contributed by atoms with Crippen molar-refractivity contribution in [3.8, 4) is 11.4 Å². The molecule has 0 aliphatic rings. The Balaban J connectivity index is 1.47. The van der Waals surface area contributed by atoms with E-state index < -0.39 is 17.5 Å². The molecule has 0 saturated carbocycles. The molecule has 0 radical (unpaired) electrons. The zero-order valence-corrected chi connectivity index (χ0v) is 18.4. The molecule has 0 fully saturated rings. The van der Waals surface area contributed by atoms with Crippen molar-refractivity contribution >= 4 is 5.91 Å². The summed E-state index contributed by atoms with van der Waals surface area (Å²) in [5.74, 6) is -1.77. The van der Waals surface area contributed by atoms with Crippen molar-refractivity contribution in [2.75, 3.05) is 0 Å². The molecule has 0 aliphatic heterocycles. The molecule has 33 heavy (non-hydrogen) atoms. The molecule has 2 aromatic carbocycles. The molecular formula is C24H22F2N4O3. The lowest BCUT2D eigenvalue weighted by molar-refractivity contribution is 0.0939. The van der Waals surface area contributed by atoms with Crippen LogP contribution in [0.5, 0.6) is 5.75 Å². The largest absolute Gasteiger partial charge is 0.486 e. The third kappa shape index (κ3) is 4.62. The number of hydrogen-bond donors (Lipinski definition) is 1. The number of carbonyl (C=O) groups excluding carboxylic acids is 1. The molecule has 1 amide bonds. The molecule has 0 unspecified atom stereocenters. The number of aromatic nitrogens is 3. The fourth-order valence-corrected chi connectivity index (χ4v) is 3.49. The van der Waals surface area contributed by atoms with Crippen molar-refractivity contribution in [1.82, 2.24) is 20.3 Å². The van der Waals surface area contributed by atoms with Crippen LogP contribution in [0, 0.1) is 32.4 Å².